The summed E-state index contributed by atoms with van der Waals surface area (Å²) < 4.78 is 0.531. The SMILES string of the molecule is [B]c1cc(Br)c(N=C=O)cc1N=C=O. The van der Waals surface area contributed by atoms with E-state index in [4.69, 9.17) is 7.85 Å². The van der Waals surface area contributed by atoms with E-state index in [1.165, 1.54) is 24.3 Å². The molecule has 1 aromatic carbocycles. The van der Waals surface area contributed by atoms with Gasteiger partial charge in [0.15, 0.2) is 0 Å². The van der Waals surface area contributed by atoms with Crippen LogP contribution < -0.4 is 5.46 Å². The van der Waals surface area contributed by atoms with Crippen molar-refractivity contribution in [3.05, 3.63) is 16.6 Å². The minimum Gasteiger partial charge on any atom is -0.211 e. The van der Waals surface area contributed by atoms with Gasteiger partial charge in [-0.2, -0.15) is 9.98 Å². The first-order valence-corrected chi connectivity index (χ1v) is 4.23. The first kappa shape index (κ1) is 10.6. The number of halogens is 1. The largest absolute Gasteiger partial charge is 0.240 e. The van der Waals surface area contributed by atoms with Gasteiger partial charge >= 0.3 is 0 Å². The van der Waals surface area contributed by atoms with E-state index in [1.54, 1.807) is 0 Å². The Morgan fingerprint density at radius 3 is 2.29 bits per heavy atom. The van der Waals surface area contributed by atoms with Crippen molar-refractivity contribution in [3.8, 4) is 0 Å². The summed E-state index contributed by atoms with van der Waals surface area (Å²) in [6.07, 6.45) is 2.73. The van der Waals surface area contributed by atoms with Crippen molar-refractivity contribution in [1.29, 1.82) is 0 Å². The molecule has 0 aliphatic rings. The lowest BCUT2D eigenvalue weighted by Crippen LogP contribution is -2.02. The molecule has 0 spiro atoms. The molecular weight excluding hydrogens is 247 g/mol. The summed E-state index contributed by atoms with van der Waals surface area (Å²) in [6.45, 7) is 0. The normalized spacial score (nSPS) is 8.64. The van der Waals surface area contributed by atoms with Gasteiger partial charge in [-0.3, -0.25) is 0 Å². The van der Waals surface area contributed by atoms with Crippen LogP contribution >= 0.6 is 15.9 Å². The molecule has 4 nitrogen and oxygen atoms in total. The van der Waals surface area contributed by atoms with Crippen molar-refractivity contribution < 1.29 is 9.59 Å². The Morgan fingerprint density at radius 1 is 1.14 bits per heavy atom. The molecule has 0 bridgehead atoms. The third kappa shape index (κ3) is 2.27. The Morgan fingerprint density at radius 2 is 1.71 bits per heavy atom. The molecule has 0 atom stereocenters. The first-order chi connectivity index (χ1) is 6.69. The van der Waals surface area contributed by atoms with Crippen molar-refractivity contribution in [3.63, 3.8) is 0 Å². The van der Waals surface area contributed by atoms with Crippen molar-refractivity contribution in [2.45, 2.75) is 0 Å². The minimum atomic E-state index is 0.220. The average Bonchev–Trinajstić information content (AvgIpc) is 2.14. The third-order valence-electron chi connectivity index (χ3n) is 1.43. The van der Waals surface area contributed by atoms with Crippen LogP contribution in [0.15, 0.2) is 26.6 Å². The van der Waals surface area contributed by atoms with Gasteiger partial charge in [-0.15, -0.1) is 0 Å². The van der Waals surface area contributed by atoms with Gasteiger partial charge in [0.1, 0.15) is 7.85 Å². The maximum atomic E-state index is 10.0. The summed E-state index contributed by atoms with van der Waals surface area (Å²) in [6, 6.07) is 2.88. The van der Waals surface area contributed by atoms with Crippen LogP contribution in [0.5, 0.6) is 0 Å². The van der Waals surface area contributed by atoms with Crippen LogP contribution in [0.4, 0.5) is 11.4 Å². The Labute approximate surface area is 89.3 Å². The molecule has 66 valence electrons. The van der Waals surface area contributed by atoms with Gasteiger partial charge in [-0.25, -0.2) is 9.59 Å². The Kier molecular flexibility index (Phi) is 3.54. The van der Waals surface area contributed by atoms with Crippen LogP contribution in [0, 0.1) is 0 Å². The highest BCUT2D eigenvalue weighted by Gasteiger charge is 2.03. The van der Waals surface area contributed by atoms with Gasteiger partial charge < -0.3 is 0 Å². The lowest BCUT2D eigenvalue weighted by Gasteiger charge is -2.01. The smallest absolute Gasteiger partial charge is 0.211 e. The summed E-state index contributed by atoms with van der Waals surface area (Å²) in [7, 11) is 5.53. The topological polar surface area (TPSA) is 58.9 Å². The van der Waals surface area contributed by atoms with Crippen LogP contribution in [0.2, 0.25) is 0 Å². The fraction of sp³-hybridized carbons (Fsp3) is 0. The number of isocyanates is 2. The Balaban J connectivity index is 3.40. The first-order valence-electron chi connectivity index (χ1n) is 3.44. The van der Waals surface area contributed by atoms with E-state index in [-0.39, 0.29) is 5.69 Å². The Hall–Kier alpha value is -1.48. The summed E-state index contributed by atoms with van der Waals surface area (Å²) in [4.78, 5) is 26.8. The number of aliphatic imine (C=N–C) groups is 2. The number of benzene rings is 1. The molecule has 14 heavy (non-hydrogen) atoms. The monoisotopic (exact) mass is 248 g/mol. The molecule has 0 heterocycles. The summed E-state index contributed by atoms with van der Waals surface area (Å²) in [5.41, 5.74) is 0.825. The summed E-state index contributed by atoms with van der Waals surface area (Å²) in [5, 5.41) is 0. The number of rotatable bonds is 2. The molecular formula is C8H2BBrN2O2. The molecule has 0 fully saturated rings. The molecule has 0 saturated carbocycles. The van der Waals surface area contributed by atoms with Crippen LogP contribution in [-0.2, 0) is 9.59 Å². The number of nitrogens with zero attached hydrogens (tertiary/aromatic N) is 2. The van der Waals surface area contributed by atoms with Gasteiger partial charge in [-0.05, 0) is 22.0 Å². The van der Waals surface area contributed by atoms with Crippen LogP contribution in [0.3, 0.4) is 0 Å². The fourth-order valence-electron chi connectivity index (χ4n) is 0.847. The van der Waals surface area contributed by atoms with E-state index >= 15 is 0 Å². The molecule has 1 aromatic rings. The fourth-order valence-corrected chi connectivity index (χ4v) is 1.30. The second-order valence-corrected chi connectivity index (χ2v) is 3.12. The maximum Gasteiger partial charge on any atom is 0.240 e. The van der Waals surface area contributed by atoms with Gasteiger partial charge in [0, 0.05) is 4.47 Å². The zero-order valence-corrected chi connectivity index (χ0v) is 8.41. The van der Waals surface area contributed by atoms with Gasteiger partial charge in [0.25, 0.3) is 0 Å². The molecule has 1 rings (SSSR count). The molecule has 0 N–H and O–H groups in total. The summed E-state index contributed by atoms with van der Waals surface area (Å²) >= 11 is 3.14. The van der Waals surface area contributed by atoms with E-state index in [9.17, 15) is 9.59 Å². The zero-order valence-electron chi connectivity index (χ0n) is 6.82. The van der Waals surface area contributed by atoms with E-state index in [0.29, 0.717) is 15.6 Å². The lowest BCUT2D eigenvalue weighted by molar-refractivity contribution is 0.565. The van der Waals surface area contributed by atoms with Crippen LogP contribution in [0.1, 0.15) is 0 Å². The maximum absolute atomic E-state index is 10.0. The van der Waals surface area contributed by atoms with Crippen LogP contribution in [-0.4, -0.2) is 20.0 Å². The second kappa shape index (κ2) is 4.68. The average molecular weight is 249 g/mol. The van der Waals surface area contributed by atoms with E-state index in [0.717, 1.165) is 0 Å². The second-order valence-electron chi connectivity index (χ2n) is 2.27. The lowest BCUT2D eigenvalue weighted by atomic mass is 9.94. The molecule has 0 amide bonds. The quantitative estimate of drug-likeness (QED) is 0.448. The Bertz CT molecular complexity index is 423. The standard InChI is InChI=1S/C8H2BBrN2O2/c9-5-1-6(10)8(12-4-14)2-7(5)11-3-13/h1-2H. The highest BCUT2D eigenvalue weighted by atomic mass is 79.9. The van der Waals surface area contributed by atoms with E-state index < -0.39 is 0 Å². The predicted octanol–water partition coefficient (Wildman–Crippen LogP) is 1.18. The third-order valence-corrected chi connectivity index (χ3v) is 2.06. The zero-order chi connectivity index (χ0) is 10.6. The van der Waals surface area contributed by atoms with E-state index in [2.05, 4.69) is 25.9 Å². The highest BCUT2D eigenvalue weighted by molar-refractivity contribution is 9.10. The number of hydrogen-bond donors (Lipinski definition) is 0. The van der Waals surface area contributed by atoms with Crippen molar-refractivity contribution in [2.24, 2.45) is 9.98 Å². The molecule has 6 heteroatoms. The number of carbonyl (C=O) groups excluding carboxylic acids is 2. The van der Waals surface area contributed by atoms with Crippen molar-refractivity contribution in [1.82, 2.24) is 0 Å². The van der Waals surface area contributed by atoms with Crippen molar-refractivity contribution in [2.75, 3.05) is 0 Å². The minimum absolute atomic E-state index is 0.220. The van der Waals surface area contributed by atoms with E-state index in [1.807, 2.05) is 0 Å². The summed E-state index contributed by atoms with van der Waals surface area (Å²) in [5.74, 6) is 0. The number of hydrogen-bond acceptors (Lipinski definition) is 4. The highest BCUT2D eigenvalue weighted by Crippen LogP contribution is 2.27. The molecule has 0 unspecified atom stereocenters. The molecule has 0 saturated heterocycles. The predicted molar refractivity (Wildman–Crippen MR) is 55.1 cm³/mol. The molecule has 0 aliphatic heterocycles. The van der Waals surface area contributed by atoms with Gasteiger partial charge in [-0.1, -0.05) is 11.5 Å². The van der Waals surface area contributed by atoms with Gasteiger partial charge in [0.2, 0.25) is 12.2 Å². The molecule has 0 aliphatic carbocycles. The molecule has 0 aromatic heterocycles. The molecule has 2 radical (unpaired) electrons. The van der Waals surface area contributed by atoms with Gasteiger partial charge in [0.05, 0.1) is 11.4 Å². The van der Waals surface area contributed by atoms with Crippen LogP contribution in [0.25, 0.3) is 0 Å². The van der Waals surface area contributed by atoms with Crippen molar-refractivity contribution >= 4 is 52.8 Å².